The highest BCUT2D eigenvalue weighted by Crippen LogP contribution is 2.51. The summed E-state index contributed by atoms with van der Waals surface area (Å²) in [5, 5.41) is 2.43. The summed E-state index contributed by atoms with van der Waals surface area (Å²) < 4.78 is 95.8. The lowest BCUT2D eigenvalue weighted by atomic mass is 9.65. The molecule has 2 amide bonds. The lowest BCUT2D eigenvalue weighted by molar-refractivity contribution is -0.235. The highest BCUT2D eigenvalue weighted by molar-refractivity contribution is 5.90. The highest BCUT2D eigenvalue weighted by atomic mass is 19.4. The zero-order valence-electron chi connectivity index (χ0n) is 23.8. The second-order valence-electron chi connectivity index (χ2n) is 10.4. The largest absolute Gasteiger partial charge is 0.496 e. The van der Waals surface area contributed by atoms with Crippen molar-refractivity contribution < 1.29 is 55.0 Å². The lowest BCUT2D eigenvalue weighted by Crippen LogP contribution is -2.54. The Balaban J connectivity index is 1.65. The molecular weight excluding hydrogens is 588 g/mol. The Labute approximate surface area is 243 Å². The molecule has 0 radical (unpaired) electrons. The Morgan fingerprint density at radius 2 is 1.58 bits per heavy atom. The molecule has 2 aromatic carbocycles. The van der Waals surface area contributed by atoms with Gasteiger partial charge in [-0.15, -0.1) is 5.06 Å². The Morgan fingerprint density at radius 1 is 0.930 bits per heavy atom. The number of hydrogen-bond acceptors (Lipinski definition) is 7. The van der Waals surface area contributed by atoms with Crippen LogP contribution >= 0.6 is 0 Å². The summed E-state index contributed by atoms with van der Waals surface area (Å²) in [5.41, 5.74) is -1.14. The van der Waals surface area contributed by atoms with Crippen LogP contribution in [-0.2, 0) is 21.2 Å². The minimum absolute atomic E-state index is 0.111. The maximum atomic E-state index is 13.5. The number of alkyl halides is 6. The number of ether oxygens (including phenoxy) is 3. The van der Waals surface area contributed by atoms with Crippen molar-refractivity contribution in [3.05, 3.63) is 47.5 Å². The fraction of sp³-hybridized carbons (Fsp3) is 0.500. The molecular formula is C28H31F6N3O6. The Morgan fingerprint density at radius 3 is 2.19 bits per heavy atom. The Bertz CT molecular complexity index is 1350. The molecule has 0 spiro atoms. The van der Waals surface area contributed by atoms with Crippen LogP contribution in [0.2, 0.25) is 0 Å². The van der Waals surface area contributed by atoms with E-state index in [0.717, 1.165) is 24.8 Å². The predicted molar refractivity (Wildman–Crippen MR) is 141 cm³/mol. The van der Waals surface area contributed by atoms with Crippen LogP contribution in [0.4, 0.5) is 36.8 Å². The number of likely N-dealkylation sites (tertiary alicyclic amines) is 1. The van der Waals surface area contributed by atoms with Gasteiger partial charge in [0.05, 0.1) is 32.9 Å². The first-order valence-electron chi connectivity index (χ1n) is 13.2. The molecule has 2 aromatic rings. The predicted octanol–water partition coefficient (Wildman–Crippen LogP) is 5.78. The number of likely N-dealkylation sites (N-methyl/N-ethyl adjacent to an activating group) is 1. The number of anilines is 1. The molecule has 2 fully saturated rings. The van der Waals surface area contributed by atoms with Crippen LogP contribution in [0.15, 0.2) is 36.4 Å². The maximum Gasteiger partial charge on any atom is 0.493 e. The summed E-state index contributed by atoms with van der Waals surface area (Å²) in [6, 6.07) is 5.48. The number of hydroxylamine groups is 2. The summed E-state index contributed by atoms with van der Waals surface area (Å²) in [6.45, 7) is 0.645. The quantitative estimate of drug-likeness (QED) is 0.324. The van der Waals surface area contributed by atoms with Gasteiger partial charge in [0.1, 0.15) is 5.75 Å². The summed E-state index contributed by atoms with van der Waals surface area (Å²) in [7, 11) is 5.88. The van der Waals surface area contributed by atoms with Crippen molar-refractivity contribution in [2.24, 2.45) is 0 Å². The number of methoxy groups -OCH3 is 3. The molecule has 43 heavy (non-hydrogen) atoms. The normalized spacial score (nSPS) is 22.4. The van der Waals surface area contributed by atoms with Gasteiger partial charge >= 0.3 is 24.4 Å². The first-order chi connectivity index (χ1) is 20.1. The van der Waals surface area contributed by atoms with Crippen molar-refractivity contribution >= 4 is 17.7 Å². The van der Waals surface area contributed by atoms with Crippen LogP contribution in [0.1, 0.15) is 36.8 Å². The Kier molecular flexibility index (Phi) is 8.95. The average Bonchev–Trinajstić information content (AvgIpc) is 3.30. The molecule has 15 heteroatoms. The van der Waals surface area contributed by atoms with E-state index in [9.17, 15) is 35.9 Å². The number of fused-ring (bicyclic) bond motifs is 1. The summed E-state index contributed by atoms with van der Waals surface area (Å²) in [6.07, 6.45) is -8.93. The van der Waals surface area contributed by atoms with Gasteiger partial charge in [-0.3, -0.25) is 0 Å². The van der Waals surface area contributed by atoms with Crippen LogP contribution < -0.4 is 19.5 Å². The molecule has 1 saturated carbocycles. The standard InChI is InChI=1S/C28H31F6N3O6/c1-36-12-11-26(16-5-7-21(41-3)22(13-16)42-4)10-9-18(15-23(26)36)37(43-24(38)28(32,33)34)25(39)35-17-6-8-20(40-2)19(14-17)27(29,30)31/h5-8,13-14,18,23H,9-12,15H2,1-4H3,(H,35,39)/t18-,23+,26+/m0/s1. The molecule has 1 saturated heterocycles. The summed E-state index contributed by atoms with van der Waals surface area (Å²) >= 11 is 0. The van der Waals surface area contributed by atoms with E-state index in [-0.39, 0.29) is 29.6 Å². The molecule has 2 aliphatic rings. The third-order valence-electron chi connectivity index (χ3n) is 8.16. The fourth-order valence-corrected chi connectivity index (χ4v) is 6.07. The van der Waals surface area contributed by atoms with E-state index in [1.54, 1.807) is 6.07 Å². The SMILES string of the molecule is COc1ccc([C@]23CC[C@H](N(OC(=O)C(F)(F)F)C(=O)Nc4ccc(OC)c(C(F)(F)F)c4)C[C@H]2N(C)CC3)cc1OC. The smallest absolute Gasteiger partial charge is 0.493 e. The zero-order chi connectivity index (χ0) is 31.7. The number of benzene rings is 2. The third kappa shape index (κ3) is 6.40. The molecule has 3 atom stereocenters. The van der Waals surface area contributed by atoms with E-state index in [2.05, 4.69) is 10.2 Å². The first-order valence-corrected chi connectivity index (χ1v) is 13.2. The minimum Gasteiger partial charge on any atom is -0.496 e. The molecule has 1 aliphatic heterocycles. The number of nitrogens with zero attached hydrogens (tertiary/aromatic N) is 2. The second-order valence-corrected chi connectivity index (χ2v) is 10.4. The monoisotopic (exact) mass is 619 g/mol. The highest BCUT2D eigenvalue weighted by Gasteiger charge is 2.53. The molecule has 0 aromatic heterocycles. The van der Waals surface area contributed by atoms with E-state index < -0.39 is 47.1 Å². The van der Waals surface area contributed by atoms with Crippen LogP contribution in [-0.4, -0.2) is 75.1 Å². The number of carbonyl (C=O) groups is 2. The van der Waals surface area contributed by atoms with E-state index >= 15 is 0 Å². The topological polar surface area (TPSA) is 89.6 Å². The van der Waals surface area contributed by atoms with Gasteiger partial charge in [-0.1, -0.05) is 6.07 Å². The lowest BCUT2D eigenvalue weighted by Gasteiger charge is -2.46. The molecule has 1 heterocycles. The van der Waals surface area contributed by atoms with Crippen molar-refractivity contribution in [3.63, 3.8) is 0 Å². The summed E-state index contributed by atoms with van der Waals surface area (Å²) in [4.78, 5) is 31.8. The zero-order valence-corrected chi connectivity index (χ0v) is 23.8. The number of rotatable bonds is 6. The van der Waals surface area contributed by atoms with Crippen LogP contribution in [0, 0.1) is 0 Å². The van der Waals surface area contributed by atoms with Crippen LogP contribution in [0.5, 0.6) is 17.2 Å². The van der Waals surface area contributed by atoms with Gasteiger partial charge in [0, 0.05) is 17.1 Å². The number of amides is 2. The number of halogens is 6. The van der Waals surface area contributed by atoms with Crippen molar-refractivity contribution in [3.8, 4) is 17.2 Å². The average molecular weight is 620 g/mol. The number of urea groups is 1. The third-order valence-corrected chi connectivity index (χ3v) is 8.16. The van der Waals surface area contributed by atoms with Gasteiger partial charge in [-0.2, -0.15) is 26.3 Å². The first kappa shape index (κ1) is 32.0. The van der Waals surface area contributed by atoms with E-state index in [4.69, 9.17) is 14.2 Å². The number of hydrogen-bond donors (Lipinski definition) is 1. The maximum absolute atomic E-state index is 13.5. The van der Waals surface area contributed by atoms with Crippen LogP contribution in [0.25, 0.3) is 0 Å². The van der Waals surface area contributed by atoms with Gasteiger partial charge in [-0.25, -0.2) is 9.59 Å². The fourth-order valence-electron chi connectivity index (χ4n) is 6.07. The number of carbonyl (C=O) groups excluding carboxylic acids is 2. The second kappa shape index (κ2) is 12.0. The summed E-state index contributed by atoms with van der Waals surface area (Å²) in [5.74, 6) is -2.13. The van der Waals surface area contributed by atoms with Gasteiger partial charge < -0.3 is 29.3 Å². The van der Waals surface area contributed by atoms with E-state index in [1.807, 2.05) is 24.1 Å². The molecule has 1 aliphatic carbocycles. The number of nitrogens with one attached hydrogen (secondary N) is 1. The van der Waals surface area contributed by atoms with E-state index in [0.29, 0.717) is 37.0 Å². The molecule has 236 valence electrons. The molecule has 0 bridgehead atoms. The molecule has 0 unspecified atom stereocenters. The van der Waals surface area contributed by atoms with Crippen molar-refractivity contribution in [1.82, 2.24) is 9.96 Å². The van der Waals surface area contributed by atoms with Crippen molar-refractivity contribution in [2.45, 2.75) is 55.5 Å². The van der Waals surface area contributed by atoms with Gasteiger partial charge in [0.15, 0.2) is 11.5 Å². The van der Waals surface area contributed by atoms with Crippen molar-refractivity contribution in [1.29, 1.82) is 0 Å². The molecule has 1 N–H and O–H groups in total. The van der Waals surface area contributed by atoms with Gasteiger partial charge in [0.2, 0.25) is 0 Å². The Hall–Kier alpha value is -3.88. The van der Waals surface area contributed by atoms with E-state index in [1.165, 1.54) is 14.2 Å². The minimum atomic E-state index is -5.43. The van der Waals surface area contributed by atoms with Crippen LogP contribution in [0.3, 0.4) is 0 Å². The van der Waals surface area contributed by atoms with Crippen molar-refractivity contribution in [2.75, 3.05) is 40.2 Å². The van der Waals surface area contributed by atoms with Gasteiger partial charge in [0.25, 0.3) is 0 Å². The van der Waals surface area contributed by atoms with Gasteiger partial charge in [-0.05, 0) is 75.2 Å². The molecule has 4 rings (SSSR count). The molecule has 9 nitrogen and oxygen atoms in total.